The van der Waals surface area contributed by atoms with E-state index >= 15 is 0 Å². The number of nitrogens with zero attached hydrogens (tertiary/aromatic N) is 1. The van der Waals surface area contributed by atoms with Gasteiger partial charge in [0.25, 0.3) is 0 Å². The number of rotatable bonds is 3. The molecule has 86 valence electrons. The summed E-state index contributed by atoms with van der Waals surface area (Å²) in [5, 5.41) is 8.61. The summed E-state index contributed by atoms with van der Waals surface area (Å²) in [6.45, 7) is 3.65. The third-order valence-corrected chi connectivity index (χ3v) is 1.91. The first-order valence-electron chi connectivity index (χ1n) is 4.60. The average molecular weight is 230 g/mol. The minimum Gasteiger partial charge on any atom is -0.361 e. The molecular weight excluding hydrogens is 220 g/mol. The molecule has 1 aromatic rings. The smallest absolute Gasteiger partial charge is 0.327 e. The molecular formula is C11H10N4O2. The van der Waals surface area contributed by atoms with Crippen LogP contribution in [0.5, 0.6) is 0 Å². The number of hydrogen-bond donors (Lipinski definition) is 3. The van der Waals surface area contributed by atoms with Crippen molar-refractivity contribution in [2.45, 2.75) is 0 Å². The van der Waals surface area contributed by atoms with Crippen LogP contribution in [0.25, 0.3) is 5.70 Å². The maximum Gasteiger partial charge on any atom is 0.327 e. The monoisotopic (exact) mass is 230 g/mol. The highest BCUT2D eigenvalue weighted by Crippen LogP contribution is 2.09. The van der Waals surface area contributed by atoms with Crippen molar-refractivity contribution in [1.82, 2.24) is 10.9 Å². The number of carbonyl (C=O) groups is 2. The third kappa shape index (κ3) is 3.35. The van der Waals surface area contributed by atoms with E-state index in [-0.39, 0.29) is 0 Å². The normalized spacial score (nSPS) is 8.88. The Morgan fingerprint density at radius 3 is 2.29 bits per heavy atom. The number of carbonyl (C=O) groups excluding carboxylic acids is 2. The van der Waals surface area contributed by atoms with E-state index in [4.69, 9.17) is 11.0 Å². The second-order valence-corrected chi connectivity index (χ2v) is 3.11. The second kappa shape index (κ2) is 5.32. The Balaban J connectivity index is 2.62. The van der Waals surface area contributed by atoms with Crippen molar-refractivity contribution in [3.8, 4) is 6.07 Å². The summed E-state index contributed by atoms with van der Waals surface area (Å²) < 4.78 is 0. The van der Waals surface area contributed by atoms with Crippen LogP contribution in [0, 0.1) is 11.3 Å². The number of nitrogens with one attached hydrogen (secondary N) is 2. The summed E-state index contributed by atoms with van der Waals surface area (Å²) >= 11 is 0. The highest BCUT2D eigenvalue weighted by atomic mass is 16.2. The van der Waals surface area contributed by atoms with Crippen LogP contribution in [0.4, 0.5) is 0 Å². The van der Waals surface area contributed by atoms with Gasteiger partial charge in [-0.1, -0.05) is 18.7 Å². The molecule has 2 amide bonds. The van der Waals surface area contributed by atoms with Gasteiger partial charge < -0.3 is 5.73 Å². The Labute approximate surface area is 97.7 Å². The zero-order valence-electron chi connectivity index (χ0n) is 8.86. The molecule has 0 saturated carbocycles. The van der Waals surface area contributed by atoms with Crippen LogP contribution in [0.1, 0.15) is 11.1 Å². The van der Waals surface area contributed by atoms with Crippen LogP contribution >= 0.6 is 0 Å². The van der Waals surface area contributed by atoms with Gasteiger partial charge >= 0.3 is 11.8 Å². The van der Waals surface area contributed by atoms with Crippen molar-refractivity contribution >= 4 is 17.5 Å². The molecule has 0 aliphatic rings. The Morgan fingerprint density at radius 1 is 1.24 bits per heavy atom. The van der Waals surface area contributed by atoms with Gasteiger partial charge in [-0.3, -0.25) is 20.4 Å². The van der Waals surface area contributed by atoms with Crippen molar-refractivity contribution in [1.29, 1.82) is 5.26 Å². The largest absolute Gasteiger partial charge is 0.361 e. The molecule has 0 aromatic heterocycles. The molecule has 6 nitrogen and oxygen atoms in total. The molecule has 0 saturated heterocycles. The van der Waals surface area contributed by atoms with E-state index in [1.54, 1.807) is 24.3 Å². The Hall–Kier alpha value is -2.81. The highest BCUT2D eigenvalue weighted by molar-refractivity contribution is 6.34. The Bertz CT molecular complexity index is 499. The molecule has 6 heteroatoms. The summed E-state index contributed by atoms with van der Waals surface area (Å²) in [6.07, 6.45) is 0. The molecule has 4 N–H and O–H groups in total. The van der Waals surface area contributed by atoms with Crippen LogP contribution in [-0.4, -0.2) is 11.8 Å². The van der Waals surface area contributed by atoms with Gasteiger partial charge in [-0.15, -0.1) is 0 Å². The van der Waals surface area contributed by atoms with Crippen molar-refractivity contribution in [3.05, 3.63) is 42.0 Å². The maximum absolute atomic E-state index is 10.8. The van der Waals surface area contributed by atoms with Crippen molar-refractivity contribution in [2.75, 3.05) is 0 Å². The molecule has 0 spiro atoms. The van der Waals surface area contributed by atoms with E-state index in [0.717, 1.165) is 0 Å². The highest BCUT2D eigenvalue weighted by Gasteiger charge is 2.07. The standard InChI is InChI=1S/C11H10N4O2/c1-7(14-15-11(17)10(13)16)9-4-2-8(6-12)3-5-9/h2-5,14H,1H2,(H2,13,16)(H,15,17). The number of primary amides is 1. The van der Waals surface area contributed by atoms with Gasteiger partial charge in [0.15, 0.2) is 0 Å². The van der Waals surface area contributed by atoms with Crippen molar-refractivity contribution in [3.63, 3.8) is 0 Å². The molecule has 0 aliphatic heterocycles. The lowest BCUT2D eigenvalue weighted by Gasteiger charge is -2.09. The molecule has 0 atom stereocenters. The molecule has 0 unspecified atom stereocenters. The van der Waals surface area contributed by atoms with E-state index in [1.165, 1.54) is 0 Å². The van der Waals surface area contributed by atoms with E-state index in [0.29, 0.717) is 16.8 Å². The number of benzene rings is 1. The van der Waals surface area contributed by atoms with E-state index in [2.05, 4.69) is 17.4 Å². The van der Waals surface area contributed by atoms with Gasteiger partial charge in [0.1, 0.15) is 0 Å². The van der Waals surface area contributed by atoms with Gasteiger partial charge in [0.05, 0.1) is 17.3 Å². The van der Waals surface area contributed by atoms with E-state index < -0.39 is 11.8 Å². The first-order valence-corrected chi connectivity index (χ1v) is 4.60. The molecule has 1 rings (SSSR count). The predicted octanol–water partition coefficient (Wildman–Crippen LogP) is -0.365. The number of hydrazine groups is 1. The zero-order valence-corrected chi connectivity index (χ0v) is 8.86. The van der Waals surface area contributed by atoms with Gasteiger partial charge in [0, 0.05) is 0 Å². The van der Waals surface area contributed by atoms with Crippen LogP contribution < -0.4 is 16.6 Å². The van der Waals surface area contributed by atoms with Gasteiger partial charge in [0.2, 0.25) is 0 Å². The lowest BCUT2D eigenvalue weighted by molar-refractivity contribution is -0.137. The van der Waals surface area contributed by atoms with Crippen LogP contribution in [0.2, 0.25) is 0 Å². The van der Waals surface area contributed by atoms with Gasteiger partial charge in [-0.2, -0.15) is 5.26 Å². The average Bonchev–Trinajstić information content (AvgIpc) is 2.35. The third-order valence-electron chi connectivity index (χ3n) is 1.91. The zero-order chi connectivity index (χ0) is 12.8. The molecule has 17 heavy (non-hydrogen) atoms. The first-order chi connectivity index (χ1) is 8.04. The maximum atomic E-state index is 10.8. The number of nitriles is 1. The molecule has 0 fully saturated rings. The summed E-state index contributed by atoms with van der Waals surface area (Å²) in [4.78, 5) is 21.3. The fourth-order valence-electron chi connectivity index (χ4n) is 1.01. The van der Waals surface area contributed by atoms with Gasteiger partial charge in [-0.25, -0.2) is 0 Å². The number of hydrogen-bond acceptors (Lipinski definition) is 4. The van der Waals surface area contributed by atoms with E-state index in [9.17, 15) is 9.59 Å². The summed E-state index contributed by atoms with van der Waals surface area (Å²) in [6, 6.07) is 8.51. The topological polar surface area (TPSA) is 108 Å². The van der Waals surface area contributed by atoms with Crippen molar-refractivity contribution in [2.24, 2.45) is 5.73 Å². The second-order valence-electron chi connectivity index (χ2n) is 3.11. The van der Waals surface area contributed by atoms with E-state index in [1.807, 2.05) is 6.07 Å². The Morgan fingerprint density at radius 2 is 1.82 bits per heavy atom. The Kier molecular flexibility index (Phi) is 3.84. The van der Waals surface area contributed by atoms with Crippen molar-refractivity contribution < 1.29 is 9.59 Å². The van der Waals surface area contributed by atoms with Crippen LogP contribution in [0.15, 0.2) is 30.8 Å². The number of nitrogens with two attached hydrogens (primary N) is 1. The minimum absolute atomic E-state index is 0.379. The summed E-state index contributed by atoms with van der Waals surface area (Å²) in [5.74, 6) is -2.05. The fraction of sp³-hybridized carbons (Fsp3) is 0. The van der Waals surface area contributed by atoms with Crippen LogP contribution in [0.3, 0.4) is 0 Å². The predicted molar refractivity (Wildman–Crippen MR) is 60.7 cm³/mol. The van der Waals surface area contributed by atoms with Gasteiger partial charge in [-0.05, 0) is 17.7 Å². The first kappa shape index (κ1) is 12.3. The molecule has 0 bridgehead atoms. The molecule has 0 heterocycles. The van der Waals surface area contributed by atoms with Crippen LogP contribution in [-0.2, 0) is 9.59 Å². The molecule has 0 radical (unpaired) electrons. The quantitative estimate of drug-likeness (QED) is 0.486. The number of amides is 2. The summed E-state index contributed by atoms with van der Waals surface area (Å²) in [7, 11) is 0. The molecule has 0 aliphatic carbocycles. The lowest BCUT2D eigenvalue weighted by atomic mass is 10.1. The minimum atomic E-state index is -1.09. The molecule has 1 aromatic carbocycles. The summed E-state index contributed by atoms with van der Waals surface area (Å²) in [5.41, 5.74) is 10.8. The SMILES string of the molecule is C=C(NNC(=O)C(N)=O)c1ccc(C#N)cc1. The fourth-order valence-corrected chi connectivity index (χ4v) is 1.01. The lowest BCUT2D eigenvalue weighted by Crippen LogP contribution is -2.43.